The van der Waals surface area contributed by atoms with Gasteiger partial charge in [-0.2, -0.15) is 0 Å². The number of nitrogens with one attached hydrogen (secondary N) is 2. The number of guanidine groups is 1. The lowest BCUT2D eigenvalue weighted by Gasteiger charge is -2.26. The van der Waals surface area contributed by atoms with Crippen molar-refractivity contribution in [1.82, 2.24) is 15.5 Å². The molecule has 2 N–H and O–H groups in total. The summed E-state index contributed by atoms with van der Waals surface area (Å²) in [4.78, 5) is 5.80. The second-order valence-corrected chi connectivity index (χ2v) is 4.74. The number of hydrogen-bond acceptors (Lipinski definition) is 2. The molecule has 4 nitrogen and oxygen atoms in total. The Labute approximate surface area is 147 Å². The van der Waals surface area contributed by atoms with Crippen LogP contribution in [-0.2, 0) is 0 Å². The number of benzene rings is 1. The van der Waals surface area contributed by atoms with E-state index in [4.69, 9.17) is 0 Å². The van der Waals surface area contributed by atoms with E-state index in [2.05, 4.69) is 22.2 Å². The van der Waals surface area contributed by atoms with Gasteiger partial charge in [-0.3, -0.25) is 4.99 Å². The van der Waals surface area contributed by atoms with Gasteiger partial charge in [0.2, 0.25) is 0 Å². The lowest BCUT2D eigenvalue weighted by molar-refractivity contribution is 0.282. The van der Waals surface area contributed by atoms with Gasteiger partial charge in [-0.25, -0.2) is 8.78 Å². The van der Waals surface area contributed by atoms with Crippen molar-refractivity contribution in [3.63, 3.8) is 0 Å². The van der Waals surface area contributed by atoms with Crippen LogP contribution in [-0.4, -0.2) is 45.1 Å². The van der Waals surface area contributed by atoms with Crippen LogP contribution in [0.4, 0.5) is 8.78 Å². The molecule has 0 saturated heterocycles. The Hall–Kier alpha value is -1.22. The summed E-state index contributed by atoms with van der Waals surface area (Å²) in [6.07, 6.45) is 1.70. The molecule has 124 valence electrons. The lowest BCUT2D eigenvalue weighted by atomic mass is 10.0. The van der Waals surface area contributed by atoms with Crippen molar-refractivity contribution in [1.29, 1.82) is 0 Å². The van der Waals surface area contributed by atoms with Gasteiger partial charge in [0.25, 0.3) is 0 Å². The minimum atomic E-state index is -0.551. The van der Waals surface area contributed by atoms with E-state index in [0.717, 1.165) is 0 Å². The number of rotatable bonds is 6. The quantitative estimate of drug-likeness (QED) is 0.319. The third kappa shape index (κ3) is 5.88. The summed E-state index contributed by atoms with van der Waals surface area (Å²) in [5, 5.41) is 6.06. The molecule has 0 aliphatic rings. The van der Waals surface area contributed by atoms with Gasteiger partial charge in [-0.15, -0.1) is 30.6 Å². The zero-order valence-corrected chi connectivity index (χ0v) is 15.4. The van der Waals surface area contributed by atoms with Gasteiger partial charge >= 0.3 is 0 Å². The molecule has 7 heteroatoms. The highest BCUT2D eigenvalue weighted by atomic mass is 127. The fourth-order valence-corrected chi connectivity index (χ4v) is 1.95. The van der Waals surface area contributed by atoms with E-state index < -0.39 is 17.7 Å². The fraction of sp³-hybridized carbons (Fsp3) is 0.400. The molecule has 0 spiro atoms. The van der Waals surface area contributed by atoms with Crippen molar-refractivity contribution >= 4 is 29.9 Å². The standard InChI is InChI=1S/C15H22F2N4.HI/c1-5-9-19-15(18-2)20-10-13(21(3)4)14-11(16)7-6-8-12(14)17;/h5-8,13H,1,9-10H2,2-4H3,(H2,18,19,20);1H. The third-order valence-electron chi connectivity index (χ3n) is 3.06. The molecule has 0 saturated carbocycles. The van der Waals surface area contributed by atoms with Gasteiger partial charge in [0.1, 0.15) is 11.6 Å². The zero-order chi connectivity index (χ0) is 15.8. The monoisotopic (exact) mass is 424 g/mol. The van der Waals surface area contributed by atoms with E-state index in [-0.39, 0.29) is 29.5 Å². The number of halogens is 3. The summed E-state index contributed by atoms with van der Waals surface area (Å²) < 4.78 is 27.8. The second-order valence-electron chi connectivity index (χ2n) is 4.74. The number of aliphatic imine (C=N–C) groups is 1. The number of nitrogens with zero attached hydrogens (tertiary/aromatic N) is 2. The molecular formula is C15H23F2IN4. The Morgan fingerprint density at radius 1 is 1.32 bits per heavy atom. The van der Waals surface area contributed by atoms with Crippen LogP contribution in [0.5, 0.6) is 0 Å². The summed E-state index contributed by atoms with van der Waals surface area (Å²) in [5.74, 6) is -0.549. The first kappa shape index (κ1) is 20.8. The van der Waals surface area contributed by atoms with E-state index in [0.29, 0.717) is 19.0 Å². The average Bonchev–Trinajstić information content (AvgIpc) is 2.44. The molecular weight excluding hydrogens is 401 g/mol. The lowest BCUT2D eigenvalue weighted by Crippen LogP contribution is -2.42. The molecule has 0 aliphatic heterocycles. The molecule has 0 amide bonds. The van der Waals surface area contributed by atoms with Crippen molar-refractivity contribution in [3.8, 4) is 0 Å². The Morgan fingerprint density at radius 3 is 2.36 bits per heavy atom. The van der Waals surface area contributed by atoms with Crippen LogP contribution in [0.3, 0.4) is 0 Å². The van der Waals surface area contributed by atoms with Crippen molar-refractivity contribution in [3.05, 3.63) is 48.1 Å². The Kier molecular flexibility index (Phi) is 9.91. The maximum atomic E-state index is 13.9. The summed E-state index contributed by atoms with van der Waals surface area (Å²) in [7, 11) is 5.18. The molecule has 1 atom stereocenters. The summed E-state index contributed by atoms with van der Waals surface area (Å²) >= 11 is 0. The average molecular weight is 424 g/mol. The summed E-state index contributed by atoms with van der Waals surface area (Å²) in [6, 6.07) is 3.44. The molecule has 0 radical (unpaired) electrons. The van der Waals surface area contributed by atoms with Crippen LogP contribution in [0, 0.1) is 11.6 Å². The minimum absolute atomic E-state index is 0. The first-order valence-corrected chi connectivity index (χ1v) is 6.67. The van der Waals surface area contributed by atoms with Crippen LogP contribution in [0.1, 0.15) is 11.6 Å². The largest absolute Gasteiger partial charge is 0.354 e. The van der Waals surface area contributed by atoms with Crippen LogP contribution in [0.2, 0.25) is 0 Å². The normalized spacial score (nSPS) is 12.5. The smallest absolute Gasteiger partial charge is 0.191 e. The molecule has 0 heterocycles. The molecule has 0 fully saturated rings. The minimum Gasteiger partial charge on any atom is -0.354 e. The highest BCUT2D eigenvalue weighted by Gasteiger charge is 2.22. The van der Waals surface area contributed by atoms with Gasteiger partial charge in [0.15, 0.2) is 5.96 Å². The van der Waals surface area contributed by atoms with Crippen LogP contribution in [0.15, 0.2) is 35.8 Å². The van der Waals surface area contributed by atoms with Crippen molar-refractivity contribution < 1.29 is 8.78 Å². The topological polar surface area (TPSA) is 39.7 Å². The highest BCUT2D eigenvalue weighted by molar-refractivity contribution is 14.0. The third-order valence-corrected chi connectivity index (χ3v) is 3.06. The highest BCUT2D eigenvalue weighted by Crippen LogP contribution is 2.23. The SMILES string of the molecule is C=CCNC(=NC)NCC(c1c(F)cccc1F)N(C)C.I. The van der Waals surface area contributed by atoms with Gasteiger partial charge in [0.05, 0.1) is 6.04 Å². The second kappa shape index (κ2) is 10.5. The van der Waals surface area contributed by atoms with Crippen molar-refractivity contribution in [2.45, 2.75) is 6.04 Å². The molecule has 1 aromatic carbocycles. The fourth-order valence-electron chi connectivity index (χ4n) is 1.95. The molecule has 22 heavy (non-hydrogen) atoms. The Balaban J connectivity index is 0.00000441. The maximum absolute atomic E-state index is 13.9. The summed E-state index contributed by atoms with van der Waals surface area (Å²) in [5.41, 5.74) is 0.0502. The van der Waals surface area contributed by atoms with Gasteiger partial charge < -0.3 is 15.5 Å². The van der Waals surface area contributed by atoms with E-state index in [1.807, 2.05) is 0 Å². The van der Waals surface area contributed by atoms with Crippen LogP contribution in [0.25, 0.3) is 0 Å². The van der Waals surface area contributed by atoms with Gasteiger partial charge in [-0.05, 0) is 26.2 Å². The van der Waals surface area contributed by atoms with Crippen LogP contribution < -0.4 is 10.6 Å². The molecule has 1 aromatic rings. The molecule has 1 rings (SSSR count). The number of likely N-dealkylation sites (N-methyl/N-ethyl adjacent to an activating group) is 1. The van der Waals surface area contributed by atoms with E-state index in [9.17, 15) is 8.78 Å². The van der Waals surface area contributed by atoms with E-state index in [1.54, 1.807) is 32.1 Å². The van der Waals surface area contributed by atoms with E-state index in [1.165, 1.54) is 18.2 Å². The Bertz CT molecular complexity index is 486. The Morgan fingerprint density at radius 2 is 1.91 bits per heavy atom. The number of hydrogen-bond donors (Lipinski definition) is 2. The molecule has 0 aromatic heterocycles. The first-order chi connectivity index (χ1) is 10.0. The maximum Gasteiger partial charge on any atom is 0.191 e. The van der Waals surface area contributed by atoms with Crippen molar-refractivity contribution in [2.24, 2.45) is 4.99 Å². The summed E-state index contributed by atoms with van der Waals surface area (Å²) in [6.45, 7) is 4.49. The van der Waals surface area contributed by atoms with Crippen molar-refractivity contribution in [2.75, 3.05) is 34.2 Å². The predicted molar refractivity (Wildman–Crippen MR) is 97.8 cm³/mol. The molecule has 0 aliphatic carbocycles. The molecule has 0 bridgehead atoms. The predicted octanol–water partition coefficient (Wildman–Crippen LogP) is 2.54. The van der Waals surface area contributed by atoms with Gasteiger partial charge in [-0.1, -0.05) is 12.1 Å². The zero-order valence-electron chi connectivity index (χ0n) is 13.1. The van der Waals surface area contributed by atoms with E-state index >= 15 is 0 Å². The molecule has 1 unspecified atom stereocenters. The van der Waals surface area contributed by atoms with Crippen LogP contribution >= 0.6 is 24.0 Å². The first-order valence-electron chi connectivity index (χ1n) is 6.67. The van der Waals surface area contributed by atoms with Gasteiger partial charge in [0, 0.05) is 25.7 Å².